The molecule has 1 fully saturated rings. The van der Waals surface area contributed by atoms with Crippen LogP contribution in [0.4, 0.5) is 0 Å². The van der Waals surface area contributed by atoms with Crippen molar-refractivity contribution in [3.63, 3.8) is 0 Å². The van der Waals surface area contributed by atoms with E-state index in [1.54, 1.807) is 0 Å². The van der Waals surface area contributed by atoms with Crippen molar-refractivity contribution in [3.8, 4) is 0 Å². The van der Waals surface area contributed by atoms with E-state index >= 15 is 0 Å². The van der Waals surface area contributed by atoms with Crippen LogP contribution < -0.4 is 0 Å². The zero-order valence-corrected chi connectivity index (χ0v) is 9.16. The minimum absolute atomic E-state index is 0.181. The summed E-state index contributed by atoms with van der Waals surface area (Å²) >= 11 is 0. The molecule has 2 nitrogen and oxygen atoms in total. The van der Waals surface area contributed by atoms with Crippen molar-refractivity contribution in [1.29, 1.82) is 0 Å². The van der Waals surface area contributed by atoms with Gasteiger partial charge in [-0.05, 0) is 26.2 Å². The molecule has 0 aromatic carbocycles. The molecule has 1 saturated heterocycles. The maximum absolute atomic E-state index is 9.93. The number of hydrogen-bond acceptors (Lipinski definition) is 2. The van der Waals surface area contributed by atoms with Gasteiger partial charge in [-0.15, -0.1) is 0 Å². The molecule has 0 bridgehead atoms. The zero-order valence-electron chi connectivity index (χ0n) is 9.16. The van der Waals surface area contributed by atoms with Crippen molar-refractivity contribution in [2.45, 2.75) is 58.8 Å². The third-order valence-corrected chi connectivity index (χ3v) is 3.35. The van der Waals surface area contributed by atoms with E-state index in [2.05, 4.69) is 27.7 Å². The molecule has 78 valence electrons. The van der Waals surface area contributed by atoms with Gasteiger partial charge in [0.2, 0.25) is 0 Å². The summed E-state index contributed by atoms with van der Waals surface area (Å²) < 4.78 is 5.69. The fraction of sp³-hybridized carbons (Fsp3) is 1.00. The molecule has 1 heterocycles. The fourth-order valence-corrected chi connectivity index (χ4v) is 2.45. The Hall–Kier alpha value is -0.0800. The number of ether oxygens (including phenoxy) is 1. The summed E-state index contributed by atoms with van der Waals surface area (Å²) in [5.41, 5.74) is 0. The Balaban J connectivity index is 2.56. The third-order valence-electron chi connectivity index (χ3n) is 3.35. The molecule has 2 heteroatoms. The number of hydrogen-bond donors (Lipinski definition) is 1. The van der Waals surface area contributed by atoms with Crippen molar-refractivity contribution < 1.29 is 9.84 Å². The van der Waals surface area contributed by atoms with Crippen molar-refractivity contribution in [2.75, 3.05) is 0 Å². The number of rotatable bonds is 3. The molecule has 5 unspecified atom stereocenters. The molecule has 0 aromatic rings. The zero-order chi connectivity index (χ0) is 10.0. The average Bonchev–Trinajstić information content (AvgIpc) is 2.27. The molecule has 1 rings (SSSR count). The Morgan fingerprint density at radius 2 is 1.85 bits per heavy atom. The van der Waals surface area contributed by atoms with E-state index in [0.29, 0.717) is 17.9 Å². The van der Waals surface area contributed by atoms with E-state index in [-0.39, 0.29) is 12.2 Å². The van der Waals surface area contributed by atoms with Crippen LogP contribution in [0.15, 0.2) is 0 Å². The van der Waals surface area contributed by atoms with Crippen LogP contribution in [-0.2, 0) is 4.74 Å². The predicted octanol–water partition coefficient (Wildman–Crippen LogP) is 2.21. The second-order valence-corrected chi connectivity index (χ2v) is 4.34. The average molecular weight is 186 g/mol. The molecule has 0 radical (unpaired) electrons. The molecule has 1 N–H and O–H groups in total. The Kier molecular flexibility index (Phi) is 3.74. The second kappa shape index (κ2) is 4.43. The maximum atomic E-state index is 9.93. The quantitative estimate of drug-likeness (QED) is 0.732. The molecule has 0 amide bonds. The van der Waals surface area contributed by atoms with Gasteiger partial charge in [-0.2, -0.15) is 0 Å². The van der Waals surface area contributed by atoms with E-state index < -0.39 is 0 Å². The summed E-state index contributed by atoms with van der Waals surface area (Å²) in [7, 11) is 0. The minimum Gasteiger partial charge on any atom is -0.393 e. The SMILES string of the molecule is CCCC(O)C1C(C)OC(C)C1C. The van der Waals surface area contributed by atoms with Gasteiger partial charge < -0.3 is 9.84 Å². The highest BCUT2D eigenvalue weighted by Gasteiger charge is 2.40. The lowest BCUT2D eigenvalue weighted by molar-refractivity contribution is 0.0209. The first-order valence-corrected chi connectivity index (χ1v) is 5.41. The van der Waals surface area contributed by atoms with E-state index in [1.165, 1.54) is 0 Å². The monoisotopic (exact) mass is 186 g/mol. The Labute approximate surface area is 81.3 Å². The molecule has 0 saturated carbocycles. The van der Waals surface area contributed by atoms with Crippen LogP contribution >= 0.6 is 0 Å². The van der Waals surface area contributed by atoms with Gasteiger partial charge in [-0.3, -0.25) is 0 Å². The smallest absolute Gasteiger partial charge is 0.0607 e. The molecule has 0 aromatic heterocycles. The van der Waals surface area contributed by atoms with Gasteiger partial charge in [0.05, 0.1) is 18.3 Å². The van der Waals surface area contributed by atoms with Crippen LogP contribution in [0, 0.1) is 11.8 Å². The van der Waals surface area contributed by atoms with Crippen LogP contribution in [0.3, 0.4) is 0 Å². The summed E-state index contributed by atoms with van der Waals surface area (Å²) in [5, 5.41) is 9.93. The molecule has 1 aliphatic heterocycles. The highest BCUT2D eigenvalue weighted by molar-refractivity contribution is 4.88. The van der Waals surface area contributed by atoms with E-state index in [0.717, 1.165) is 12.8 Å². The van der Waals surface area contributed by atoms with Gasteiger partial charge in [0.15, 0.2) is 0 Å². The Morgan fingerprint density at radius 3 is 2.23 bits per heavy atom. The van der Waals surface area contributed by atoms with Crippen LogP contribution in [0.25, 0.3) is 0 Å². The maximum Gasteiger partial charge on any atom is 0.0607 e. The highest BCUT2D eigenvalue weighted by Crippen LogP contribution is 2.35. The highest BCUT2D eigenvalue weighted by atomic mass is 16.5. The van der Waals surface area contributed by atoms with Crippen LogP contribution in [-0.4, -0.2) is 23.4 Å². The summed E-state index contributed by atoms with van der Waals surface area (Å²) in [6, 6.07) is 0. The van der Waals surface area contributed by atoms with Crippen LogP contribution in [0.2, 0.25) is 0 Å². The first kappa shape index (κ1) is 11.0. The molecule has 5 atom stereocenters. The van der Waals surface area contributed by atoms with Gasteiger partial charge in [-0.1, -0.05) is 20.3 Å². The van der Waals surface area contributed by atoms with Gasteiger partial charge in [-0.25, -0.2) is 0 Å². The molecular weight excluding hydrogens is 164 g/mol. The van der Waals surface area contributed by atoms with Gasteiger partial charge in [0.1, 0.15) is 0 Å². The van der Waals surface area contributed by atoms with Crippen LogP contribution in [0.5, 0.6) is 0 Å². The standard InChI is InChI=1S/C11H22O2/c1-5-6-10(12)11-7(2)8(3)13-9(11)4/h7-12H,5-6H2,1-4H3. The normalized spacial score (nSPS) is 42.2. The van der Waals surface area contributed by atoms with E-state index in [9.17, 15) is 5.11 Å². The van der Waals surface area contributed by atoms with Crippen molar-refractivity contribution in [2.24, 2.45) is 11.8 Å². The summed E-state index contributed by atoms with van der Waals surface area (Å²) in [5.74, 6) is 0.812. The Bertz CT molecular complexity index is 158. The fourth-order valence-electron chi connectivity index (χ4n) is 2.45. The molecule has 0 spiro atoms. The first-order chi connectivity index (χ1) is 6.07. The largest absolute Gasteiger partial charge is 0.393 e. The van der Waals surface area contributed by atoms with E-state index in [4.69, 9.17) is 4.74 Å². The lowest BCUT2D eigenvalue weighted by Crippen LogP contribution is -2.30. The van der Waals surface area contributed by atoms with Crippen molar-refractivity contribution in [3.05, 3.63) is 0 Å². The third kappa shape index (κ3) is 2.23. The first-order valence-electron chi connectivity index (χ1n) is 5.41. The van der Waals surface area contributed by atoms with Gasteiger partial charge in [0, 0.05) is 5.92 Å². The topological polar surface area (TPSA) is 29.5 Å². The number of aliphatic hydroxyl groups excluding tert-OH is 1. The number of aliphatic hydroxyl groups is 1. The summed E-state index contributed by atoms with van der Waals surface area (Å²) in [6.45, 7) is 8.46. The van der Waals surface area contributed by atoms with Crippen LogP contribution in [0.1, 0.15) is 40.5 Å². The lowest BCUT2D eigenvalue weighted by Gasteiger charge is -2.24. The summed E-state index contributed by atoms with van der Waals surface area (Å²) in [4.78, 5) is 0. The predicted molar refractivity (Wildman–Crippen MR) is 53.6 cm³/mol. The second-order valence-electron chi connectivity index (χ2n) is 4.34. The molecule has 0 aliphatic carbocycles. The molecule has 1 aliphatic rings. The van der Waals surface area contributed by atoms with Crippen molar-refractivity contribution in [1.82, 2.24) is 0 Å². The van der Waals surface area contributed by atoms with Gasteiger partial charge >= 0.3 is 0 Å². The minimum atomic E-state index is -0.181. The van der Waals surface area contributed by atoms with E-state index in [1.807, 2.05) is 0 Å². The Morgan fingerprint density at radius 1 is 1.23 bits per heavy atom. The lowest BCUT2D eigenvalue weighted by atomic mass is 9.83. The van der Waals surface area contributed by atoms with Crippen molar-refractivity contribution >= 4 is 0 Å². The van der Waals surface area contributed by atoms with Gasteiger partial charge in [0.25, 0.3) is 0 Å². The molecular formula is C11H22O2. The summed E-state index contributed by atoms with van der Waals surface area (Å²) in [6.07, 6.45) is 2.28. The molecule has 13 heavy (non-hydrogen) atoms.